The number of hydrogen-bond acceptors (Lipinski definition) is 2. The van der Waals surface area contributed by atoms with Crippen LogP contribution in [0.1, 0.15) is 28.7 Å². The topological polar surface area (TPSA) is 29.5 Å². The van der Waals surface area contributed by atoms with Gasteiger partial charge >= 0.3 is 0 Å². The third kappa shape index (κ3) is 2.11. The Labute approximate surface area is 117 Å². The summed E-state index contributed by atoms with van der Waals surface area (Å²) in [5.41, 5.74) is 3.29. The molecule has 0 saturated carbocycles. The number of methoxy groups -OCH3 is 1. The summed E-state index contributed by atoms with van der Waals surface area (Å²) in [7, 11) is 1.61. The SMILES string of the molecule is COc1ccc(Cl)cc1C(O)C1Cc2ccccc21. The molecule has 0 radical (unpaired) electrons. The number of fused-ring (bicyclic) bond motifs is 1. The Morgan fingerprint density at radius 3 is 2.79 bits per heavy atom. The summed E-state index contributed by atoms with van der Waals surface area (Å²) in [5, 5.41) is 11.2. The van der Waals surface area contributed by atoms with Gasteiger partial charge in [0.2, 0.25) is 0 Å². The molecule has 2 nitrogen and oxygen atoms in total. The Morgan fingerprint density at radius 2 is 2.05 bits per heavy atom. The molecule has 2 aromatic carbocycles. The lowest BCUT2D eigenvalue weighted by Crippen LogP contribution is -2.23. The van der Waals surface area contributed by atoms with Gasteiger partial charge in [0.1, 0.15) is 5.75 Å². The average Bonchev–Trinajstić information content (AvgIpc) is 2.40. The predicted octanol–water partition coefficient (Wildman–Crippen LogP) is 3.72. The first-order valence-corrected chi connectivity index (χ1v) is 6.68. The second-order valence-corrected chi connectivity index (χ2v) is 5.28. The number of ether oxygens (including phenoxy) is 1. The molecule has 2 aromatic rings. The summed E-state index contributed by atoms with van der Waals surface area (Å²) in [4.78, 5) is 0. The number of aliphatic hydroxyl groups is 1. The Hall–Kier alpha value is -1.51. The van der Waals surface area contributed by atoms with Gasteiger partial charge in [-0.2, -0.15) is 0 Å². The van der Waals surface area contributed by atoms with E-state index in [0.717, 1.165) is 12.0 Å². The van der Waals surface area contributed by atoms with Crippen molar-refractivity contribution >= 4 is 11.6 Å². The van der Waals surface area contributed by atoms with E-state index in [9.17, 15) is 5.11 Å². The fraction of sp³-hybridized carbons (Fsp3) is 0.250. The van der Waals surface area contributed by atoms with E-state index in [0.29, 0.717) is 10.8 Å². The summed E-state index contributed by atoms with van der Waals surface area (Å²) in [5.74, 6) is 0.810. The molecule has 19 heavy (non-hydrogen) atoms. The first-order valence-electron chi connectivity index (χ1n) is 6.30. The van der Waals surface area contributed by atoms with Crippen molar-refractivity contribution in [1.29, 1.82) is 0 Å². The summed E-state index contributed by atoms with van der Waals surface area (Å²) in [6, 6.07) is 13.6. The number of halogens is 1. The molecule has 3 rings (SSSR count). The van der Waals surface area contributed by atoms with Crippen molar-refractivity contribution in [2.75, 3.05) is 7.11 Å². The highest BCUT2D eigenvalue weighted by atomic mass is 35.5. The van der Waals surface area contributed by atoms with Crippen LogP contribution >= 0.6 is 11.6 Å². The predicted molar refractivity (Wildman–Crippen MR) is 75.9 cm³/mol. The molecular formula is C16H15ClO2. The minimum absolute atomic E-state index is 0.128. The molecule has 0 spiro atoms. The Bertz CT molecular complexity index is 609. The van der Waals surface area contributed by atoms with E-state index in [1.165, 1.54) is 11.1 Å². The van der Waals surface area contributed by atoms with Crippen LogP contribution in [-0.2, 0) is 6.42 Å². The highest BCUT2D eigenvalue weighted by Gasteiger charge is 2.33. The molecule has 98 valence electrons. The second-order valence-electron chi connectivity index (χ2n) is 4.84. The first-order chi connectivity index (χ1) is 9.20. The van der Waals surface area contributed by atoms with Crippen LogP contribution in [-0.4, -0.2) is 12.2 Å². The standard InChI is InChI=1S/C16H15ClO2/c1-19-15-7-6-11(17)9-14(15)16(18)13-8-10-4-2-3-5-12(10)13/h2-7,9,13,16,18H,8H2,1H3. The van der Waals surface area contributed by atoms with Crippen molar-refractivity contribution in [3.05, 3.63) is 64.2 Å². The van der Waals surface area contributed by atoms with E-state index in [-0.39, 0.29) is 5.92 Å². The molecule has 0 aromatic heterocycles. The molecule has 2 unspecified atom stereocenters. The molecule has 3 heteroatoms. The lowest BCUT2D eigenvalue weighted by atomic mass is 9.73. The van der Waals surface area contributed by atoms with Crippen LogP contribution in [0.3, 0.4) is 0 Å². The highest BCUT2D eigenvalue weighted by molar-refractivity contribution is 6.30. The molecule has 1 aliphatic rings. The normalized spacial score (nSPS) is 18.4. The van der Waals surface area contributed by atoms with Gasteiger partial charge in [0.15, 0.2) is 0 Å². The lowest BCUT2D eigenvalue weighted by molar-refractivity contribution is 0.131. The zero-order valence-corrected chi connectivity index (χ0v) is 11.4. The molecule has 1 N–H and O–H groups in total. The molecule has 0 amide bonds. The van der Waals surface area contributed by atoms with Gasteiger partial charge in [-0.3, -0.25) is 0 Å². The maximum atomic E-state index is 10.6. The zero-order valence-electron chi connectivity index (χ0n) is 10.6. The molecule has 0 heterocycles. The number of rotatable bonds is 3. The van der Waals surface area contributed by atoms with Crippen LogP contribution in [0.5, 0.6) is 5.75 Å². The molecule has 0 saturated heterocycles. The van der Waals surface area contributed by atoms with Gasteiger partial charge in [-0.25, -0.2) is 0 Å². The Balaban J connectivity index is 1.94. The van der Waals surface area contributed by atoms with E-state index >= 15 is 0 Å². The summed E-state index contributed by atoms with van der Waals surface area (Å²) in [6.07, 6.45) is 0.316. The maximum absolute atomic E-state index is 10.6. The van der Waals surface area contributed by atoms with E-state index < -0.39 is 6.10 Å². The fourth-order valence-electron chi connectivity index (χ4n) is 2.73. The minimum Gasteiger partial charge on any atom is -0.496 e. The van der Waals surface area contributed by atoms with E-state index in [1.807, 2.05) is 12.1 Å². The minimum atomic E-state index is -0.580. The zero-order chi connectivity index (χ0) is 13.4. The van der Waals surface area contributed by atoms with Crippen molar-refractivity contribution in [2.24, 2.45) is 0 Å². The highest BCUT2D eigenvalue weighted by Crippen LogP contribution is 2.45. The van der Waals surface area contributed by atoms with Crippen LogP contribution in [0.25, 0.3) is 0 Å². The fourth-order valence-corrected chi connectivity index (χ4v) is 2.91. The third-order valence-electron chi connectivity index (χ3n) is 3.79. The number of aliphatic hydroxyl groups excluding tert-OH is 1. The lowest BCUT2D eigenvalue weighted by Gasteiger charge is -2.34. The summed E-state index contributed by atoms with van der Waals surface area (Å²) < 4.78 is 5.31. The number of benzene rings is 2. The van der Waals surface area contributed by atoms with Crippen molar-refractivity contribution in [1.82, 2.24) is 0 Å². The largest absolute Gasteiger partial charge is 0.496 e. The molecule has 0 fully saturated rings. The van der Waals surface area contributed by atoms with Gasteiger partial charge < -0.3 is 9.84 Å². The maximum Gasteiger partial charge on any atom is 0.124 e. The van der Waals surface area contributed by atoms with Gasteiger partial charge in [-0.15, -0.1) is 0 Å². The van der Waals surface area contributed by atoms with Crippen molar-refractivity contribution in [3.8, 4) is 5.75 Å². The summed E-state index contributed by atoms with van der Waals surface area (Å²) >= 11 is 6.02. The van der Waals surface area contributed by atoms with Gasteiger partial charge in [0, 0.05) is 16.5 Å². The monoisotopic (exact) mass is 274 g/mol. The third-order valence-corrected chi connectivity index (χ3v) is 4.02. The quantitative estimate of drug-likeness (QED) is 0.924. The van der Waals surface area contributed by atoms with Gasteiger partial charge in [-0.05, 0) is 35.7 Å². The molecule has 1 aliphatic carbocycles. The van der Waals surface area contributed by atoms with Crippen LogP contribution in [0.4, 0.5) is 0 Å². The molecular weight excluding hydrogens is 260 g/mol. The van der Waals surface area contributed by atoms with Crippen LogP contribution < -0.4 is 4.74 Å². The average molecular weight is 275 g/mol. The van der Waals surface area contributed by atoms with Gasteiger partial charge in [0.05, 0.1) is 13.2 Å². The Morgan fingerprint density at radius 1 is 1.26 bits per heavy atom. The molecule has 0 aliphatic heterocycles. The summed E-state index contributed by atoms with van der Waals surface area (Å²) in [6.45, 7) is 0. The van der Waals surface area contributed by atoms with Gasteiger partial charge in [-0.1, -0.05) is 35.9 Å². The smallest absolute Gasteiger partial charge is 0.124 e. The molecule has 2 atom stereocenters. The molecule has 0 bridgehead atoms. The second kappa shape index (κ2) is 4.87. The van der Waals surface area contributed by atoms with Crippen LogP contribution in [0.15, 0.2) is 42.5 Å². The van der Waals surface area contributed by atoms with Crippen LogP contribution in [0, 0.1) is 0 Å². The first kappa shape index (κ1) is 12.5. The number of hydrogen-bond donors (Lipinski definition) is 1. The van der Waals surface area contributed by atoms with E-state index in [2.05, 4.69) is 12.1 Å². The van der Waals surface area contributed by atoms with E-state index in [4.69, 9.17) is 16.3 Å². The van der Waals surface area contributed by atoms with Gasteiger partial charge in [0.25, 0.3) is 0 Å². The van der Waals surface area contributed by atoms with Crippen molar-refractivity contribution in [3.63, 3.8) is 0 Å². The van der Waals surface area contributed by atoms with Crippen molar-refractivity contribution < 1.29 is 9.84 Å². The van der Waals surface area contributed by atoms with Crippen molar-refractivity contribution in [2.45, 2.75) is 18.4 Å². The van der Waals surface area contributed by atoms with Crippen LogP contribution in [0.2, 0.25) is 5.02 Å². The Kier molecular flexibility index (Phi) is 3.21. The van der Waals surface area contributed by atoms with E-state index in [1.54, 1.807) is 25.3 Å².